The van der Waals surface area contributed by atoms with E-state index in [1.807, 2.05) is 0 Å². The van der Waals surface area contributed by atoms with E-state index < -0.39 is 0 Å². The molecule has 0 radical (unpaired) electrons. The van der Waals surface area contributed by atoms with Crippen LogP contribution in [0.2, 0.25) is 0 Å². The zero-order valence-electron chi connectivity index (χ0n) is 10.5. The van der Waals surface area contributed by atoms with Gasteiger partial charge in [0.1, 0.15) is 0 Å². The molecule has 1 aliphatic heterocycles. The van der Waals surface area contributed by atoms with E-state index in [0.29, 0.717) is 18.1 Å². The lowest BCUT2D eigenvalue weighted by Gasteiger charge is -2.42. The van der Waals surface area contributed by atoms with E-state index in [2.05, 4.69) is 11.8 Å². The fourth-order valence-corrected chi connectivity index (χ4v) is 3.19. The third kappa shape index (κ3) is 2.76. The van der Waals surface area contributed by atoms with Crippen molar-refractivity contribution in [3.05, 3.63) is 0 Å². The Hall–Kier alpha value is -0.120. The van der Waals surface area contributed by atoms with Gasteiger partial charge in [0.15, 0.2) is 0 Å². The maximum Gasteiger partial charge on any atom is 0.0622 e. The molecule has 16 heavy (non-hydrogen) atoms. The zero-order valence-corrected chi connectivity index (χ0v) is 10.5. The van der Waals surface area contributed by atoms with E-state index in [-0.39, 0.29) is 0 Å². The summed E-state index contributed by atoms with van der Waals surface area (Å²) in [6, 6.07) is 1.59. The Labute approximate surface area is 99.3 Å². The summed E-state index contributed by atoms with van der Waals surface area (Å²) in [5.41, 5.74) is 6.34. The summed E-state index contributed by atoms with van der Waals surface area (Å²) in [5.74, 6) is 0. The number of rotatable bonds is 2. The molecule has 94 valence electrons. The third-order valence-electron chi connectivity index (χ3n) is 4.20. The molecular weight excluding hydrogens is 200 g/mol. The van der Waals surface area contributed by atoms with Crippen molar-refractivity contribution in [1.29, 1.82) is 0 Å². The minimum absolute atomic E-state index is 0.384. The normalized spacial score (nSPS) is 38.2. The molecule has 0 aromatic carbocycles. The van der Waals surface area contributed by atoms with Gasteiger partial charge in [0.25, 0.3) is 0 Å². The topological polar surface area (TPSA) is 38.5 Å². The summed E-state index contributed by atoms with van der Waals surface area (Å²) in [4.78, 5) is 2.64. The smallest absolute Gasteiger partial charge is 0.0622 e. The molecule has 0 aromatic rings. The Balaban J connectivity index is 2.01. The van der Waals surface area contributed by atoms with Crippen LogP contribution in [0.1, 0.15) is 45.4 Å². The Morgan fingerprint density at radius 1 is 1.25 bits per heavy atom. The molecule has 2 N–H and O–H groups in total. The minimum atomic E-state index is 0.384. The highest BCUT2D eigenvalue weighted by atomic mass is 16.5. The van der Waals surface area contributed by atoms with Crippen LogP contribution in [0.5, 0.6) is 0 Å². The first-order valence-electron chi connectivity index (χ1n) is 6.92. The van der Waals surface area contributed by atoms with Crippen LogP contribution in [0, 0.1) is 0 Å². The van der Waals surface area contributed by atoms with Gasteiger partial charge >= 0.3 is 0 Å². The quantitative estimate of drug-likeness (QED) is 0.729. The van der Waals surface area contributed by atoms with Gasteiger partial charge < -0.3 is 10.5 Å². The van der Waals surface area contributed by atoms with Crippen molar-refractivity contribution in [1.82, 2.24) is 4.90 Å². The molecule has 3 nitrogen and oxygen atoms in total. The maximum atomic E-state index is 6.34. The molecule has 2 fully saturated rings. The number of morpholine rings is 1. The zero-order chi connectivity index (χ0) is 11.4. The fraction of sp³-hybridized carbons (Fsp3) is 1.00. The van der Waals surface area contributed by atoms with Crippen molar-refractivity contribution in [3.8, 4) is 0 Å². The number of nitrogens with two attached hydrogens (primary N) is 1. The summed E-state index contributed by atoms with van der Waals surface area (Å²) < 4.78 is 5.58. The first-order chi connectivity index (χ1) is 7.83. The molecule has 1 saturated heterocycles. The summed E-state index contributed by atoms with van der Waals surface area (Å²) in [6.07, 6.45) is 7.72. The molecule has 0 bridgehead atoms. The first kappa shape index (κ1) is 12.3. The van der Waals surface area contributed by atoms with Crippen molar-refractivity contribution >= 4 is 0 Å². The minimum Gasteiger partial charge on any atom is -0.378 e. The van der Waals surface area contributed by atoms with Gasteiger partial charge in [-0.1, -0.05) is 26.2 Å². The molecular formula is C13H26N2O. The average Bonchev–Trinajstić information content (AvgIpc) is 2.54. The van der Waals surface area contributed by atoms with E-state index >= 15 is 0 Å². The van der Waals surface area contributed by atoms with Gasteiger partial charge in [0, 0.05) is 24.7 Å². The predicted molar refractivity (Wildman–Crippen MR) is 66.5 cm³/mol. The molecule has 2 aliphatic rings. The van der Waals surface area contributed by atoms with E-state index in [0.717, 1.165) is 19.8 Å². The second-order valence-electron chi connectivity index (χ2n) is 5.24. The standard InChI is InChI=1S/C13H26N2O/c1-2-11-10-16-9-8-15(11)13-7-5-3-4-6-12(13)14/h11-13H,2-10,14H2,1H3. The lowest BCUT2D eigenvalue weighted by molar-refractivity contribution is -0.0363. The molecule has 0 spiro atoms. The molecule has 3 atom stereocenters. The summed E-state index contributed by atoms with van der Waals surface area (Å²) in [5, 5.41) is 0. The molecule has 1 heterocycles. The van der Waals surface area contributed by atoms with E-state index in [9.17, 15) is 0 Å². The molecule has 0 amide bonds. The van der Waals surface area contributed by atoms with Crippen LogP contribution in [0.3, 0.4) is 0 Å². The predicted octanol–water partition coefficient (Wildman–Crippen LogP) is 1.76. The Morgan fingerprint density at radius 3 is 2.88 bits per heavy atom. The molecule has 0 aromatic heterocycles. The van der Waals surface area contributed by atoms with Crippen molar-refractivity contribution in [2.75, 3.05) is 19.8 Å². The van der Waals surface area contributed by atoms with E-state index in [4.69, 9.17) is 10.5 Å². The van der Waals surface area contributed by atoms with Gasteiger partial charge in [-0.05, 0) is 19.3 Å². The van der Waals surface area contributed by atoms with Crippen LogP contribution in [0.4, 0.5) is 0 Å². The van der Waals surface area contributed by atoms with Crippen LogP contribution in [-0.2, 0) is 4.74 Å². The summed E-state index contributed by atoms with van der Waals surface area (Å²) in [7, 11) is 0. The third-order valence-corrected chi connectivity index (χ3v) is 4.20. The van der Waals surface area contributed by atoms with Crippen LogP contribution >= 0.6 is 0 Å². The van der Waals surface area contributed by atoms with Gasteiger partial charge in [0.2, 0.25) is 0 Å². The highest BCUT2D eigenvalue weighted by Gasteiger charge is 2.32. The Morgan fingerprint density at radius 2 is 2.06 bits per heavy atom. The highest BCUT2D eigenvalue weighted by Crippen LogP contribution is 2.25. The summed E-state index contributed by atoms with van der Waals surface area (Å²) >= 11 is 0. The molecule has 3 unspecified atom stereocenters. The van der Waals surface area contributed by atoms with Crippen LogP contribution in [-0.4, -0.2) is 42.8 Å². The van der Waals surface area contributed by atoms with Gasteiger partial charge in [-0.2, -0.15) is 0 Å². The van der Waals surface area contributed by atoms with Crippen molar-refractivity contribution in [3.63, 3.8) is 0 Å². The lowest BCUT2D eigenvalue weighted by Crippen LogP contribution is -2.56. The fourth-order valence-electron chi connectivity index (χ4n) is 3.19. The molecule has 3 heteroatoms. The van der Waals surface area contributed by atoms with Crippen LogP contribution < -0.4 is 5.73 Å². The van der Waals surface area contributed by atoms with Crippen molar-refractivity contribution < 1.29 is 4.74 Å². The average molecular weight is 226 g/mol. The number of nitrogens with zero attached hydrogens (tertiary/aromatic N) is 1. The van der Waals surface area contributed by atoms with E-state index in [1.54, 1.807) is 0 Å². The van der Waals surface area contributed by atoms with Gasteiger partial charge in [-0.15, -0.1) is 0 Å². The molecule has 2 rings (SSSR count). The molecule has 1 aliphatic carbocycles. The maximum absolute atomic E-state index is 6.34. The van der Waals surface area contributed by atoms with Crippen LogP contribution in [0.25, 0.3) is 0 Å². The van der Waals surface area contributed by atoms with Crippen LogP contribution in [0.15, 0.2) is 0 Å². The first-order valence-corrected chi connectivity index (χ1v) is 6.92. The molecule has 1 saturated carbocycles. The second kappa shape index (κ2) is 5.99. The lowest BCUT2D eigenvalue weighted by atomic mass is 9.99. The highest BCUT2D eigenvalue weighted by molar-refractivity contribution is 4.89. The van der Waals surface area contributed by atoms with E-state index in [1.165, 1.54) is 38.5 Å². The second-order valence-corrected chi connectivity index (χ2v) is 5.24. The summed E-state index contributed by atoms with van der Waals surface area (Å²) in [6.45, 7) is 5.13. The Bertz CT molecular complexity index is 210. The van der Waals surface area contributed by atoms with Gasteiger partial charge in [-0.3, -0.25) is 4.90 Å². The van der Waals surface area contributed by atoms with Gasteiger partial charge in [-0.25, -0.2) is 0 Å². The number of hydrogen-bond donors (Lipinski definition) is 1. The van der Waals surface area contributed by atoms with Gasteiger partial charge in [0.05, 0.1) is 13.2 Å². The number of ether oxygens (including phenoxy) is 1. The van der Waals surface area contributed by atoms with Crippen molar-refractivity contribution in [2.45, 2.75) is 63.6 Å². The SMILES string of the molecule is CCC1COCCN1C1CCCCCC1N. The largest absolute Gasteiger partial charge is 0.378 e. The number of hydrogen-bond acceptors (Lipinski definition) is 3. The van der Waals surface area contributed by atoms with Crippen molar-refractivity contribution in [2.24, 2.45) is 5.73 Å². The monoisotopic (exact) mass is 226 g/mol. The Kier molecular flexibility index (Phi) is 4.62.